The average molecular weight is 375 g/mol. The van der Waals surface area contributed by atoms with Gasteiger partial charge >= 0.3 is 5.91 Å². The Morgan fingerprint density at radius 2 is 2.21 bits per heavy atom. The summed E-state index contributed by atoms with van der Waals surface area (Å²) in [6.07, 6.45) is 2.88. The van der Waals surface area contributed by atoms with E-state index in [1.54, 1.807) is 28.9 Å². The van der Waals surface area contributed by atoms with Gasteiger partial charge in [-0.05, 0) is 30.5 Å². The molecule has 1 aliphatic rings. The molecule has 28 heavy (non-hydrogen) atoms. The Hall–Kier alpha value is -3.64. The van der Waals surface area contributed by atoms with Crippen LogP contribution >= 0.6 is 0 Å². The lowest BCUT2D eigenvalue weighted by atomic mass is 9.91. The molecule has 0 aliphatic carbocycles. The zero-order valence-corrected chi connectivity index (χ0v) is 14.9. The average Bonchev–Trinajstić information content (AvgIpc) is 3.18. The Kier molecular flexibility index (Phi) is 4.55. The van der Waals surface area contributed by atoms with Gasteiger partial charge in [0.25, 0.3) is 0 Å². The van der Waals surface area contributed by atoms with Crippen LogP contribution in [0.5, 0.6) is 0 Å². The predicted molar refractivity (Wildman–Crippen MR) is 102 cm³/mol. The number of nitriles is 1. The number of carbonyl (C=O) groups excluding carboxylic acids is 1. The summed E-state index contributed by atoms with van der Waals surface area (Å²) in [4.78, 5) is 26.7. The van der Waals surface area contributed by atoms with Gasteiger partial charge in [0.2, 0.25) is 0 Å². The van der Waals surface area contributed by atoms with E-state index in [-0.39, 0.29) is 5.92 Å². The van der Waals surface area contributed by atoms with E-state index in [1.165, 1.54) is 0 Å². The van der Waals surface area contributed by atoms with Crippen LogP contribution in [-0.4, -0.2) is 33.1 Å². The van der Waals surface area contributed by atoms with Crippen molar-refractivity contribution in [3.8, 4) is 17.2 Å². The highest BCUT2D eigenvalue weighted by molar-refractivity contribution is 5.82. The molecular weight excluding hydrogens is 358 g/mol. The minimum Gasteiger partial charge on any atom is -0.384 e. The first kappa shape index (κ1) is 17.8. The molecule has 2 atom stereocenters. The number of aromatic nitrogens is 3. The number of fused-ring (bicyclic) bond motifs is 1. The van der Waals surface area contributed by atoms with Crippen LogP contribution in [-0.2, 0) is 4.79 Å². The maximum Gasteiger partial charge on any atom is 0.303 e. The summed E-state index contributed by atoms with van der Waals surface area (Å²) in [5, 5.41) is 19.0. The molecule has 1 aromatic carbocycles. The standard InChI is InChI=1S/C19H17N7O2/c20-8-11-2-1-3-12(6-11)14-10-23-26-17(21)7-16(24-18(14)26)13-4-5-15(22-9-13)19(27)25-28/h1-3,6-7,10,13,15,22H,4-5,9,21H2. The zero-order chi connectivity index (χ0) is 19.7. The monoisotopic (exact) mass is 375 g/mol. The highest BCUT2D eigenvalue weighted by Gasteiger charge is 2.28. The summed E-state index contributed by atoms with van der Waals surface area (Å²) in [6, 6.07) is 10.6. The Morgan fingerprint density at radius 3 is 2.93 bits per heavy atom. The molecule has 1 amide bonds. The number of nitrogens with two attached hydrogens (primary N) is 1. The van der Waals surface area contributed by atoms with Crippen LogP contribution in [0.3, 0.4) is 0 Å². The smallest absolute Gasteiger partial charge is 0.303 e. The molecule has 0 bridgehead atoms. The number of nitroso groups, excluding NO2 is 1. The van der Waals surface area contributed by atoms with Crippen LogP contribution in [0.2, 0.25) is 0 Å². The molecule has 9 heteroatoms. The van der Waals surface area contributed by atoms with Gasteiger partial charge in [-0.2, -0.15) is 14.9 Å². The lowest BCUT2D eigenvalue weighted by Crippen LogP contribution is -2.42. The molecule has 4 rings (SSSR count). The molecule has 0 spiro atoms. The van der Waals surface area contributed by atoms with Crippen molar-refractivity contribution in [2.75, 3.05) is 12.3 Å². The van der Waals surface area contributed by atoms with Crippen LogP contribution in [0, 0.1) is 16.2 Å². The molecule has 1 fully saturated rings. The van der Waals surface area contributed by atoms with E-state index >= 15 is 0 Å². The molecule has 2 aromatic heterocycles. The lowest BCUT2D eigenvalue weighted by Gasteiger charge is -2.27. The zero-order valence-electron chi connectivity index (χ0n) is 14.9. The van der Waals surface area contributed by atoms with Crippen molar-refractivity contribution in [2.45, 2.75) is 24.8 Å². The number of benzene rings is 1. The lowest BCUT2D eigenvalue weighted by molar-refractivity contribution is -0.120. The molecular formula is C19H17N7O2. The second kappa shape index (κ2) is 7.17. The first-order valence-electron chi connectivity index (χ1n) is 8.86. The highest BCUT2D eigenvalue weighted by atomic mass is 16.3. The van der Waals surface area contributed by atoms with Gasteiger partial charge in [0.15, 0.2) is 5.65 Å². The summed E-state index contributed by atoms with van der Waals surface area (Å²) in [7, 11) is 0. The summed E-state index contributed by atoms with van der Waals surface area (Å²) < 4.78 is 1.57. The molecule has 3 aromatic rings. The predicted octanol–water partition coefficient (Wildman–Crippen LogP) is 1.98. The number of nitrogens with one attached hydrogen (secondary N) is 1. The molecule has 1 aliphatic heterocycles. The largest absolute Gasteiger partial charge is 0.384 e. The fourth-order valence-electron chi connectivity index (χ4n) is 3.56. The normalized spacial score (nSPS) is 19.2. The van der Waals surface area contributed by atoms with E-state index in [4.69, 9.17) is 16.0 Å². The first-order valence-corrected chi connectivity index (χ1v) is 8.86. The van der Waals surface area contributed by atoms with Gasteiger partial charge in [0, 0.05) is 29.3 Å². The van der Waals surface area contributed by atoms with Gasteiger partial charge in [-0.25, -0.2) is 4.98 Å². The second-order valence-corrected chi connectivity index (χ2v) is 6.76. The molecule has 3 heterocycles. The van der Waals surface area contributed by atoms with Crippen LogP contribution < -0.4 is 11.1 Å². The number of anilines is 1. The quantitative estimate of drug-likeness (QED) is 0.667. The molecule has 2 unspecified atom stereocenters. The van der Waals surface area contributed by atoms with Crippen LogP contribution in [0.1, 0.15) is 30.0 Å². The van der Waals surface area contributed by atoms with Crippen molar-refractivity contribution in [1.82, 2.24) is 19.9 Å². The maximum atomic E-state index is 11.4. The number of rotatable bonds is 3. The fourth-order valence-corrected chi connectivity index (χ4v) is 3.56. The van der Waals surface area contributed by atoms with Gasteiger partial charge in [-0.3, -0.25) is 4.79 Å². The number of hydrogen-bond donors (Lipinski definition) is 2. The van der Waals surface area contributed by atoms with Crippen LogP contribution in [0.15, 0.2) is 41.7 Å². The summed E-state index contributed by atoms with van der Waals surface area (Å²) in [5.41, 5.74) is 9.76. The van der Waals surface area contributed by atoms with Crippen molar-refractivity contribution in [2.24, 2.45) is 5.18 Å². The van der Waals surface area contributed by atoms with E-state index in [1.807, 2.05) is 12.1 Å². The van der Waals surface area contributed by atoms with E-state index in [0.29, 0.717) is 36.4 Å². The number of hydrogen-bond acceptors (Lipinski definition) is 7. The molecule has 140 valence electrons. The van der Waals surface area contributed by atoms with Gasteiger partial charge in [-0.1, -0.05) is 12.1 Å². The summed E-state index contributed by atoms with van der Waals surface area (Å²) >= 11 is 0. The number of nitrogens with zero attached hydrogens (tertiary/aromatic N) is 5. The van der Waals surface area contributed by atoms with Gasteiger partial charge in [0.1, 0.15) is 5.82 Å². The Balaban J connectivity index is 1.69. The number of amides is 1. The summed E-state index contributed by atoms with van der Waals surface area (Å²) in [5.74, 6) is -0.163. The van der Waals surface area contributed by atoms with E-state index < -0.39 is 11.9 Å². The van der Waals surface area contributed by atoms with E-state index in [2.05, 4.69) is 21.7 Å². The third-order valence-electron chi connectivity index (χ3n) is 5.04. The number of piperidine rings is 1. The van der Waals surface area contributed by atoms with Gasteiger partial charge in [-0.15, -0.1) is 4.91 Å². The fraction of sp³-hybridized carbons (Fsp3) is 0.263. The third kappa shape index (κ3) is 3.10. The Labute approximate surface area is 160 Å². The van der Waals surface area contributed by atoms with E-state index in [9.17, 15) is 9.70 Å². The van der Waals surface area contributed by atoms with Gasteiger partial charge < -0.3 is 11.1 Å². The maximum absolute atomic E-state index is 11.4. The highest BCUT2D eigenvalue weighted by Crippen LogP contribution is 2.30. The summed E-state index contributed by atoms with van der Waals surface area (Å²) in [6.45, 7) is 0.502. The molecule has 0 radical (unpaired) electrons. The Morgan fingerprint density at radius 1 is 1.36 bits per heavy atom. The van der Waals surface area contributed by atoms with Crippen LogP contribution in [0.4, 0.5) is 5.82 Å². The second-order valence-electron chi connectivity index (χ2n) is 6.76. The topological polar surface area (TPSA) is 139 Å². The van der Waals surface area contributed by atoms with Crippen molar-refractivity contribution >= 4 is 17.4 Å². The van der Waals surface area contributed by atoms with Crippen molar-refractivity contribution in [3.05, 3.63) is 52.7 Å². The minimum atomic E-state index is -0.670. The molecule has 1 saturated heterocycles. The molecule has 9 nitrogen and oxygen atoms in total. The molecule has 0 saturated carbocycles. The molecule has 3 N–H and O–H groups in total. The minimum absolute atomic E-state index is 0.0520. The van der Waals surface area contributed by atoms with Crippen molar-refractivity contribution in [3.63, 3.8) is 0 Å². The third-order valence-corrected chi connectivity index (χ3v) is 5.04. The van der Waals surface area contributed by atoms with Gasteiger partial charge in [0.05, 0.1) is 29.6 Å². The first-order chi connectivity index (χ1) is 13.6. The van der Waals surface area contributed by atoms with Crippen LogP contribution in [0.25, 0.3) is 16.8 Å². The number of nitrogen functional groups attached to an aromatic ring is 1. The SMILES string of the molecule is N#Cc1cccc(-c2cnn3c(N)cc(C4CCC(C(=O)N=O)NC4)nc23)c1. The van der Waals surface area contributed by atoms with Crippen molar-refractivity contribution < 1.29 is 4.79 Å². The Bertz CT molecular complexity index is 1110. The van der Waals surface area contributed by atoms with E-state index in [0.717, 1.165) is 16.8 Å². The number of carbonyl (C=O) groups is 1. The van der Waals surface area contributed by atoms with Crippen molar-refractivity contribution in [1.29, 1.82) is 5.26 Å².